The van der Waals surface area contributed by atoms with Crippen molar-refractivity contribution in [2.45, 2.75) is 6.92 Å². The lowest BCUT2D eigenvalue weighted by Crippen LogP contribution is -1.93. The molecule has 0 unspecified atom stereocenters. The van der Waals surface area contributed by atoms with Crippen LogP contribution in [-0.2, 0) is 0 Å². The fourth-order valence-electron chi connectivity index (χ4n) is 4.28. The zero-order valence-corrected chi connectivity index (χ0v) is 17.1. The molecule has 2 aromatic heterocycles. The van der Waals surface area contributed by atoms with Gasteiger partial charge in [0.05, 0.1) is 22.4 Å². The van der Waals surface area contributed by atoms with E-state index in [-0.39, 0.29) is 0 Å². The van der Waals surface area contributed by atoms with Crippen LogP contribution >= 0.6 is 0 Å². The maximum atomic E-state index is 4.85. The average molecular weight is 397 g/mol. The van der Waals surface area contributed by atoms with Gasteiger partial charge in [-0.15, -0.1) is 0 Å². The Morgan fingerprint density at radius 3 is 2.00 bits per heavy atom. The van der Waals surface area contributed by atoms with Crippen LogP contribution < -0.4 is 0 Å². The molecular weight excluding hydrogens is 378 g/mol. The van der Waals surface area contributed by atoms with E-state index in [2.05, 4.69) is 60.7 Å². The van der Waals surface area contributed by atoms with E-state index in [0.717, 1.165) is 44.1 Å². The topological polar surface area (TPSA) is 38.7 Å². The van der Waals surface area contributed by atoms with Crippen LogP contribution in [0.5, 0.6) is 0 Å². The molecule has 0 atom stereocenters. The van der Waals surface area contributed by atoms with Gasteiger partial charge in [0.15, 0.2) is 0 Å². The largest absolute Gasteiger partial charge is 0.256 e. The maximum Gasteiger partial charge on any atom is 0.0987 e. The number of rotatable bonds is 2. The molecule has 0 spiro atoms. The first kappa shape index (κ1) is 17.7. The Kier molecular flexibility index (Phi) is 4.00. The summed E-state index contributed by atoms with van der Waals surface area (Å²) in [7, 11) is 0. The summed E-state index contributed by atoms with van der Waals surface area (Å²) in [6.07, 6.45) is 3.77. The van der Waals surface area contributed by atoms with Crippen molar-refractivity contribution in [2.24, 2.45) is 0 Å². The van der Waals surface area contributed by atoms with Crippen LogP contribution in [-0.4, -0.2) is 15.0 Å². The molecule has 0 saturated carbocycles. The van der Waals surface area contributed by atoms with Crippen molar-refractivity contribution in [3.05, 3.63) is 103 Å². The van der Waals surface area contributed by atoms with Crippen LogP contribution in [0.25, 0.3) is 55.0 Å². The van der Waals surface area contributed by atoms with Crippen molar-refractivity contribution in [3.8, 4) is 22.4 Å². The summed E-state index contributed by atoms with van der Waals surface area (Å²) in [6, 6.07) is 29.6. The molecule has 3 nitrogen and oxygen atoms in total. The quantitative estimate of drug-likeness (QED) is 0.296. The lowest BCUT2D eigenvalue weighted by atomic mass is 9.95. The predicted octanol–water partition coefficient (Wildman–Crippen LogP) is 6.97. The van der Waals surface area contributed by atoms with Gasteiger partial charge < -0.3 is 0 Å². The molecule has 0 aliphatic carbocycles. The lowest BCUT2D eigenvalue weighted by Gasteiger charge is -2.12. The molecule has 0 saturated heterocycles. The summed E-state index contributed by atoms with van der Waals surface area (Å²) in [5, 5.41) is 4.46. The van der Waals surface area contributed by atoms with E-state index in [4.69, 9.17) is 15.0 Å². The Morgan fingerprint density at radius 1 is 0.516 bits per heavy atom. The molecule has 0 amide bonds. The van der Waals surface area contributed by atoms with Crippen LogP contribution in [0.2, 0.25) is 0 Å². The predicted molar refractivity (Wildman–Crippen MR) is 128 cm³/mol. The molecule has 4 aromatic carbocycles. The second-order valence-corrected chi connectivity index (χ2v) is 7.82. The van der Waals surface area contributed by atoms with Crippen molar-refractivity contribution < 1.29 is 0 Å². The SMILES string of the molecule is Cc1cnc2c3cnc(-c4ccccc4)cc3c3cc(-c4ccccc4)ccc3c2n1. The van der Waals surface area contributed by atoms with Crippen LogP contribution in [0.1, 0.15) is 5.69 Å². The lowest BCUT2D eigenvalue weighted by molar-refractivity contribution is 1.19. The van der Waals surface area contributed by atoms with Crippen LogP contribution in [0.15, 0.2) is 97.3 Å². The van der Waals surface area contributed by atoms with Gasteiger partial charge >= 0.3 is 0 Å². The summed E-state index contributed by atoms with van der Waals surface area (Å²) in [5.74, 6) is 0. The zero-order valence-electron chi connectivity index (χ0n) is 17.1. The molecule has 146 valence electrons. The molecule has 0 bridgehead atoms. The molecule has 0 N–H and O–H groups in total. The number of aryl methyl sites for hydroxylation is 1. The highest BCUT2D eigenvalue weighted by molar-refractivity contribution is 6.23. The third-order valence-corrected chi connectivity index (χ3v) is 5.79. The third kappa shape index (κ3) is 2.94. The summed E-state index contributed by atoms with van der Waals surface area (Å²) >= 11 is 0. The first-order chi connectivity index (χ1) is 15.3. The van der Waals surface area contributed by atoms with Crippen LogP contribution in [0, 0.1) is 6.92 Å². The summed E-state index contributed by atoms with van der Waals surface area (Å²) < 4.78 is 0. The fraction of sp³-hybridized carbons (Fsp3) is 0.0357. The molecule has 0 aliphatic heterocycles. The van der Waals surface area contributed by atoms with Gasteiger partial charge in [-0.25, -0.2) is 4.98 Å². The standard InChI is InChI=1S/C28H19N3/c1-18-16-30-27-25-17-29-26(20-10-6-3-7-11-20)15-24(25)23-14-21(19-8-4-2-5-9-19)12-13-22(23)28(27)31-18/h2-17H,1H3. The second kappa shape index (κ2) is 6.99. The van der Waals surface area contributed by atoms with Gasteiger partial charge in [-0.1, -0.05) is 72.8 Å². The molecular formula is C28H19N3. The monoisotopic (exact) mass is 397 g/mol. The number of benzene rings is 4. The first-order valence-electron chi connectivity index (χ1n) is 10.4. The minimum absolute atomic E-state index is 0.896. The minimum atomic E-state index is 0.896. The van der Waals surface area contributed by atoms with Crippen LogP contribution in [0.3, 0.4) is 0 Å². The van der Waals surface area contributed by atoms with Crippen molar-refractivity contribution in [2.75, 3.05) is 0 Å². The van der Waals surface area contributed by atoms with E-state index in [1.54, 1.807) is 0 Å². The van der Waals surface area contributed by atoms with Crippen LogP contribution in [0.4, 0.5) is 0 Å². The van der Waals surface area contributed by atoms with Crippen molar-refractivity contribution in [3.63, 3.8) is 0 Å². The van der Waals surface area contributed by atoms with Crippen molar-refractivity contribution >= 4 is 32.6 Å². The number of aromatic nitrogens is 3. The third-order valence-electron chi connectivity index (χ3n) is 5.79. The van der Waals surface area contributed by atoms with E-state index in [0.29, 0.717) is 0 Å². The molecule has 3 heteroatoms. The van der Waals surface area contributed by atoms with Gasteiger partial charge in [0.1, 0.15) is 0 Å². The van der Waals surface area contributed by atoms with Gasteiger partial charge in [-0.05, 0) is 41.0 Å². The van der Waals surface area contributed by atoms with E-state index in [1.165, 1.54) is 16.5 Å². The van der Waals surface area contributed by atoms with Gasteiger partial charge in [0.25, 0.3) is 0 Å². The minimum Gasteiger partial charge on any atom is -0.256 e. The Balaban J connectivity index is 1.74. The van der Waals surface area contributed by atoms with Crippen molar-refractivity contribution in [1.29, 1.82) is 0 Å². The molecule has 0 radical (unpaired) electrons. The summed E-state index contributed by atoms with van der Waals surface area (Å²) in [4.78, 5) is 14.4. The maximum absolute atomic E-state index is 4.85. The first-order valence-corrected chi connectivity index (χ1v) is 10.4. The summed E-state index contributed by atoms with van der Waals surface area (Å²) in [6.45, 7) is 1.98. The van der Waals surface area contributed by atoms with Gasteiger partial charge in [-0.2, -0.15) is 0 Å². The highest BCUT2D eigenvalue weighted by Crippen LogP contribution is 2.36. The fourth-order valence-corrected chi connectivity index (χ4v) is 4.28. The molecule has 6 aromatic rings. The van der Waals surface area contributed by atoms with Crippen molar-refractivity contribution in [1.82, 2.24) is 15.0 Å². The summed E-state index contributed by atoms with van der Waals surface area (Å²) in [5.41, 5.74) is 7.18. The Bertz CT molecular complexity index is 1570. The highest BCUT2D eigenvalue weighted by atomic mass is 14.8. The van der Waals surface area contributed by atoms with E-state index >= 15 is 0 Å². The Morgan fingerprint density at radius 2 is 1.23 bits per heavy atom. The van der Waals surface area contributed by atoms with Gasteiger partial charge in [0.2, 0.25) is 0 Å². The number of nitrogens with zero attached hydrogens (tertiary/aromatic N) is 3. The van der Waals surface area contributed by atoms with E-state index in [9.17, 15) is 0 Å². The van der Waals surface area contributed by atoms with Gasteiger partial charge in [0, 0.05) is 28.7 Å². The second-order valence-electron chi connectivity index (χ2n) is 7.82. The molecule has 6 rings (SSSR count). The Hall–Kier alpha value is -4.11. The van der Waals surface area contributed by atoms with E-state index in [1.807, 2.05) is 43.6 Å². The Labute approximate surface area is 180 Å². The molecule has 0 fully saturated rings. The van der Waals surface area contributed by atoms with E-state index < -0.39 is 0 Å². The molecule has 2 heterocycles. The smallest absolute Gasteiger partial charge is 0.0987 e. The zero-order chi connectivity index (χ0) is 20.8. The number of hydrogen-bond donors (Lipinski definition) is 0. The number of pyridine rings is 1. The number of fused-ring (bicyclic) bond motifs is 6. The highest BCUT2D eigenvalue weighted by Gasteiger charge is 2.14. The average Bonchev–Trinajstić information content (AvgIpc) is 2.84. The molecule has 0 aliphatic rings. The number of hydrogen-bond acceptors (Lipinski definition) is 3. The normalized spacial score (nSPS) is 11.4. The molecule has 31 heavy (non-hydrogen) atoms. The van der Waals surface area contributed by atoms with Gasteiger partial charge in [-0.3, -0.25) is 9.97 Å².